The van der Waals surface area contributed by atoms with Gasteiger partial charge in [0.25, 0.3) is 31.4 Å². The fourth-order valence-corrected chi connectivity index (χ4v) is 13.2. The van der Waals surface area contributed by atoms with E-state index in [0.717, 1.165) is 18.2 Å². The fourth-order valence-electron chi connectivity index (χ4n) is 9.25. The molecule has 0 amide bonds. The van der Waals surface area contributed by atoms with E-state index in [-0.39, 0.29) is 208 Å². The molecule has 86 heavy (non-hydrogen) atoms. The molecule has 426 valence electrons. The normalized spacial score (nSPS) is 11.8. The molecule has 35 heteroatoms. The van der Waals surface area contributed by atoms with Crippen molar-refractivity contribution < 1.29 is 210 Å². The number of carboxylic acid groups (broad SMARTS) is 2. The number of carbonyl (C=O) groups is 2. The number of phenols is 2. The van der Waals surface area contributed by atoms with Crippen molar-refractivity contribution in [2.24, 2.45) is 0 Å². The number of nitrogens with one attached hydrogen (secondary N) is 4. The van der Waals surface area contributed by atoms with Crippen LogP contribution >= 0.6 is 0 Å². The number of hydrogen-bond acceptors (Lipinski definition) is 22. The Hall–Kier alpha value is -5.53. The zero-order valence-electron chi connectivity index (χ0n) is 46.8. The summed E-state index contributed by atoms with van der Waals surface area (Å²) in [5, 5.41) is 70.6. The number of carbonyl (C=O) groups excluding carboxylic acids is 2. The molecular formula is C51H38N6Na4O21S4. The molecule has 6 aromatic rings. The van der Waals surface area contributed by atoms with Crippen molar-refractivity contribution in [1.29, 1.82) is 0 Å². The van der Waals surface area contributed by atoms with Gasteiger partial charge >= 0.3 is 118 Å². The Morgan fingerprint density at radius 3 is 1.52 bits per heavy atom. The minimum Gasteiger partial charge on any atom is -0.744 e. The van der Waals surface area contributed by atoms with E-state index in [4.69, 9.17) is 4.42 Å². The Morgan fingerprint density at radius 2 is 1.05 bits per heavy atom. The number of rotatable bonds is 16. The number of non-ortho nitro benzene ring substituents is 2. The summed E-state index contributed by atoms with van der Waals surface area (Å²) in [5.41, 5.74) is -4.14. The van der Waals surface area contributed by atoms with E-state index < -0.39 is 121 Å². The van der Waals surface area contributed by atoms with Crippen LogP contribution in [0.3, 0.4) is 0 Å². The van der Waals surface area contributed by atoms with Crippen LogP contribution < -0.4 is 154 Å². The summed E-state index contributed by atoms with van der Waals surface area (Å²) in [5.74, 6) is -7.28. The van der Waals surface area contributed by atoms with Crippen molar-refractivity contribution in [3.05, 3.63) is 161 Å². The number of aryl methyl sites for hydroxylation is 4. The van der Waals surface area contributed by atoms with E-state index in [1.54, 1.807) is 6.92 Å². The monoisotopic (exact) mass is 1290 g/mol. The van der Waals surface area contributed by atoms with Crippen molar-refractivity contribution >= 4 is 103 Å². The van der Waals surface area contributed by atoms with Gasteiger partial charge in [-0.2, -0.15) is 12.1 Å². The van der Waals surface area contributed by atoms with Crippen molar-refractivity contribution in [3.8, 4) is 33.9 Å². The van der Waals surface area contributed by atoms with Crippen molar-refractivity contribution in [2.45, 2.75) is 61.1 Å². The van der Waals surface area contributed by atoms with E-state index in [0.29, 0.717) is 29.8 Å². The predicted octanol–water partition coefficient (Wildman–Crippen LogP) is -8.71. The van der Waals surface area contributed by atoms with Crippen molar-refractivity contribution in [2.75, 3.05) is 14.8 Å². The Labute approximate surface area is 577 Å². The van der Waals surface area contributed by atoms with Crippen LogP contribution in [0.25, 0.3) is 33.4 Å². The van der Waals surface area contributed by atoms with Gasteiger partial charge in [0.15, 0.2) is 0 Å². The quantitative estimate of drug-likeness (QED) is 0.0131. The van der Waals surface area contributed by atoms with E-state index >= 15 is 0 Å². The maximum atomic E-state index is 13.9. The largest absolute Gasteiger partial charge is 1.00 e. The van der Waals surface area contributed by atoms with Gasteiger partial charge in [0, 0.05) is 63.4 Å². The van der Waals surface area contributed by atoms with Gasteiger partial charge in [-0.3, -0.25) is 29.7 Å². The van der Waals surface area contributed by atoms with Gasteiger partial charge in [-0.15, -0.1) is 6.07 Å². The number of anilines is 4. The zero-order valence-corrected chi connectivity index (χ0v) is 58.0. The number of nitro groups is 2. The number of hydrogen-bond donors (Lipinski definition) is 6. The van der Waals surface area contributed by atoms with Crippen LogP contribution in [0.4, 0.5) is 39.8 Å². The molecule has 0 radical (unpaired) electrons. The number of benzene rings is 7. The maximum Gasteiger partial charge on any atom is 1.00 e. The number of nitrogens with zero attached hydrogens (tertiary/aromatic N) is 2. The van der Waals surface area contributed by atoms with Gasteiger partial charge in [0.2, 0.25) is 11.0 Å². The van der Waals surface area contributed by atoms with Crippen LogP contribution in [0.1, 0.15) is 54.1 Å². The summed E-state index contributed by atoms with van der Waals surface area (Å²) in [6.07, 6.45) is 0. The average Bonchev–Trinajstić information content (AvgIpc) is 0.773. The van der Waals surface area contributed by atoms with Crippen LogP contribution in [0.5, 0.6) is 11.5 Å². The summed E-state index contributed by atoms with van der Waals surface area (Å²) in [6, 6.07) is 16.8. The minimum atomic E-state index is -5.58. The second kappa shape index (κ2) is 27.1. The third kappa shape index (κ3) is 14.5. The Bertz CT molecular complexity index is 4720. The number of aromatic hydroxyl groups is 2. The van der Waals surface area contributed by atoms with Gasteiger partial charge < -0.3 is 48.9 Å². The van der Waals surface area contributed by atoms with Gasteiger partial charge in [-0.25, -0.2) is 38.7 Å². The van der Waals surface area contributed by atoms with E-state index in [1.807, 2.05) is 0 Å². The number of fused-ring (bicyclic) bond motifs is 2. The molecule has 0 unspecified atom stereocenters. The van der Waals surface area contributed by atoms with Crippen molar-refractivity contribution in [1.82, 2.24) is 0 Å². The van der Waals surface area contributed by atoms with Crippen LogP contribution in [-0.4, -0.2) is 74.8 Å². The van der Waals surface area contributed by atoms with E-state index in [1.165, 1.54) is 77.1 Å². The molecule has 1 aliphatic heterocycles. The summed E-state index contributed by atoms with van der Waals surface area (Å²) >= 11 is 0. The van der Waals surface area contributed by atoms with Crippen LogP contribution in [-0.2, 0) is 40.3 Å². The molecule has 2 aliphatic rings. The Morgan fingerprint density at radius 1 is 0.581 bits per heavy atom. The smallest absolute Gasteiger partial charge is 0.744 e. The molecular weight excluding hydrogens is 1250 g/mol. The number of carboxylic acids is 2. The molecule has 8 rings (SSSR count). The van der Waals surface area contributed by atoms with Gasteiger partial charge in [-0.05, 0) is 87.6 Å². The molecule has 0 spiro atoms. The SMILES string of the molecule is Cc1cc(C)c(NS(=O)(=O)c2cc([N+](=O)[O-])cc(C(=O)[O-])c2O)c(C)c1Nc1[c-]cc2c(-c3ccccc3S(=O)(=O)[O-])c3cc(S(=O)(=O)[O-])c(=[NH+]c4c(C)cc(C)c(NS(=O)(=O)c5cc([N+](=O)[O-])cc(C(=O)[O-])c5O)c4C)cc-3oc2c1.[Na+].[Na+].[Na+].[Na+]. The van der Waals surface area contributed by atoms with Crippen LogP contribution in [0, 0.1) is 67.8 Å². The number of nitro benzene ring substituents is 2. The molecule has 0 bridgehead atoms. The third-order valence-corrected chi connectivity index (χ3v) is 17.4. The second-order valence-electron chi connectivity index (χ2n) is 18.4. The molecule has 27 nitrogen and oxygen atoms in total. The first-order valence-electron chi connectivity index (χ1n) is 23.1. The van der Waals surface area contributed by atoms with E-state index in [2.05, 4.69) is 25.8 Å². The molecule has 0 atom stereocenters. The molecule has 6 N–H and O–H groups in total. The summed E-state index contributed by atoms with van der Waals surface area (Å²) in [7, 11) is -21.0. The molecule has 0 aromatic heterocycles. The summed E-state index contributed by atoms with van der Waals surface area (Å²) < 4.78 is 145. The van der Waals surface area contributed by atoms with Crippen LogP contribution in [0.15, 0.2) is 109 Å². The van der Waals surface area contributed by atoms with Crippen molar-refractivity contribution in [3.63, 3.8) is 0 Å². The fraction of sp³-hybridized carbons (Fsp3) is 0.118. The first-order valence-corrected chi connectivity index (χ1v) is 28.9. The first kappa shape index (κ1) is 72.9. The number of aromatic carboxylic acids is 2. The van der Waals surface area contributed by atoms with Crippen LogP contribution in [0.2, 0.25) is 0 Å². The van der Waals surface area contributed by atoms with Gasteiger partial charge in [-0.1, -0.05) is 40.9 Å². The molecule has 1 aliphatic carbocycles. The molecule has 0 saturated carbocycles. The molecule has 0 saturated heterocycles. The van der Waals surface area contributed by atoms with Gasteiger partial charge in [0.05, 0.1) is 44.1 Å². The van der Waals surface area contributed by atoms with E-state index in [9.17, 15) is 93.0 Å². The summed E-state index contributed by atoms with van der Waals surface area (Å²) in [4.78, 5) is 43.2. The average molecular weight is 1290 g/mol. The molecule has 6 aromatic carbocycles. The first-order chi connectivity index (χ1) is 38.0. The predicted molar refractivity (Wildman–Crippen MR) is 281 cm³/mol. The standard InChI is InChI=1S/C51H41N6O21S4.4Na/c1-22-13-24(3)46(54-79(68,69)41-18-29(56(64)65)16-34(48(41)58)50(60)61)26(5)44(22)52-28-11-12-31-37(15-28)78-38-21-36(40(82(75,76)77)20-33(38)43(31)32-9-7-8-10-39(32)81(72,73)74)53-45-23(2)14-25(4)47(27(45)6)55-80(70,71)42-19-30(57(66)67)17-35(49(42)59)51(62)63;;;;/h7-10,12-21,52,54-55,58-59H,1-6H3,(H,60,61)(H,62,63)(H,72,73,74)(H,75,76,77);;;;/q-1;4*+1/p-3. The zero-order chi connectivity index (χ0) is 60.6. The second-order valence-corrected chi connectivity index (χ2v) is 24.3. The summed E-state index contributed by atoms with van der Waals surface area (Å²) in [6.45, 7) is 8.83. The Kier molecular flexibility index (Phi) is 23.0. The third-order valence-electron chi connectivity index (χ3n) is 12.9. The Balaban J connectivity index is 0.00000396. The number of sulfonamides is 2. The maximum absolute atomic E-state index is 13.9. The minimum absolute atomic E-state index is 0. The van der Waals surface area contributed by atoms with Gasteiger partial charge in [0.1, 0.15) is 52.2 Å². The topological polar surface area (TPSA) is 453 Å². The molecule has 1 heterocycles. The molecule has 0 fully saturated rings.